The van der Waals surface area contributed by atoms with E-state index < -0.39 is 21.5 Å². The lowest BCUT2D eigenvalue weighted by Gasteiger charge is -2.19. The van der Waals surface area contributed by atoms with E-state index in [1.807, 2.05) is 6.92 Å². The summed E-state index contributed by atoms with van der Waals surface area (Å²) >= 11 is 0. The van der Waals surface area contributed by atoms with Gasteiger partial charge in [-0.15, -0.1) is 24.0 Å². The molecule has 136 valence electrons. The lowest BCUT2D eigenvalue weighted by Crippen LogP contribution is -2.44. The van der Waals surface area contributed by atoms with Gasteiger partial charge in [-0.05, 0) is 30.0 Å². The zero-order chi connectivity index (χ0) is 17.0. The van der Waals surface area contributed by atoms with Gasteiger partial charge in [-0.1, -0.05) is 13.0 Å². The molecule has 1 aromatic rings. The number of benzene rings is 1. The summed E-state index contributed by atoms with van der Waals surface area (Å²) in [4.78, 5) is 4.06. The molecule has 2 atom stereocenters. The largest absolute Gasteiger partial charge is 0.356 e. The van der Waals surface area contributed by atoms with Crippen molar-refractivity contribution in [2.24, 2.45) is 4.99 Å². The van der Waals surface area contributed by atoms with E-state index in [1.54, 1.807) is 13.1 Å². The van der Waals surface area contributed by atoms with Crippen molar-refractivity contribution in [3.63, 3.8) is 0 Å². The van der Waals surface area contributed by atoms with Gasteiger partial charge in [-0.3, -0.25) is 4.99 Å². The third-order valence-corrected chi connectivity index (χ3v) is 5.65. The molecule has 2 unspecified atom stereocenters. The van der Waals surface area contributed by atoms with E-state index >= 15 is 0 Å². The molecular formula is C15H22F2IN3O2S. The number of halogens is 3. The van der Waals surface area contributed by atoms with Crippen LogP contribution in [0, 0.1) is 11.6 Å². The average molecular weight is 473 g/mol. The fourth-order valence-corrected chi connectivity index (χ4v) is 4.16. The summed E-state index contributed by atoms with van der Waals surface area (Å²) in [5, 5.41) is 6.16. The topological polar surface area (TPSA) is 70.6 Å². The smallest absolute Gasteiger partial charge is 0.191 e. The van der Waals surface area contributed by atoms with Crippen molar-refractivity contribution < 1.29 is 17.2 Å². The van der Waals surface area contributed by atoms with E-state index in [0.717, 1.165) is 6.07 Å². The molecule has 2 rings (SSSR count). The van der Waals surface area contributed by atoms with Gasteiger partial charge in [0.1, 0.15) is 0 Å². The van der Waals surface area contributed by atoms with Crippen LogP contribution in [0.3, 0.4) is 0 Å². The molecule has 1 fully saturated rings. The Morgan fingerprint density at radius 1 is 1.38 bits per heavy atom. The minimum atomic E-state index is -2.95. The summed E-state index contributed by atoms with van der Waals surface area (Å²) in [7, 11) is -1.36. The Morgan fingerprint density at radius 2 is 2.08 bits per heavy atom. The summed E-state index contributed by atoms with van der Waals surface area (Å²) in [5.41, 5.74) is 0.676. The van der Waals surface area contributed by atoms with Gasteiger partial charge in [-0.2, -0.15) is 0 Å². The first-order valence-electron chi connectivity index (χ1n) is 7.43. The lowest BCUT2D eigenvalue weighted by atomic mass is 10.0. The van der Waals surface area contributed by atoms with E-state index in [4.69, 9.17) is 0 Å². The highest BCUT2D eigenvalue weighted by Crippen LogP contribution is 2.17. The Kier molecular flexibility index (Phi) is 7.84. The molecule has 0 saturated carbocycles. The van der Waals surface area contributed by atoms with Crippen LogP contribution in [0.25, 0.3) is 0 Å². The molecule has 1 saturated heterocycles. The maximum Gasteiger partial charge on any atom is 0.191 e. The van der Waals surface area contributed by atoms with Crippen LogP contribution < -0.4 is 10.6 Å². The van der Waals surface area contributed by atoms with Gasteiger partial charge >= 0.3 is 0 Å². The number of sulfone groups is 1. The number of guanidine groups is 1. The molecule has 9 heteroatoms. The number of nitrogens with zero attached hydrogens (tertiary/aromatic N) is 1. The molecule has 0 aromatic heterocycles. The van der Waals surface area contributed by atoms with E-state index in [2.05, 4.69) is 15.6 Å². The first-order valence-corrected chi connectivity index (χ1v) is 9.25. The van der Waals surface area contributed by atoms with Gasteiger partial charge in [0, 0.05) is 19.6 Å². The van der Waals surface area contributed by atoms with Crippen LogP contribution in [0.5, 0.6) is 0 Å². The molecule has 1 aliphatic rings. The van der Waals surface area contributed by atoms with Crippen molar-refractivity contribution in [1.82, 2.24) is 10.6 Å². The van der Waals surface area contributed by atoms with E-state index in [0.29, 0.717) is 24.5 Å². The van der Waals surface area contributed by atoms with Crippen LogP contribution in [0.2, 0.25) is 0 Å². The maximum atomic E-state index is 13.3. The highest BCUT2D eigenvalue weighted by molar-refractivity contribution is 14.0. The van der Waals surface area contributed by atoms with Crippen molar-refractivity contribution >= 4 is 39.8 Å². The number of nitrogens with one attached hydrogen (secondary N) is 2. The Hall–Kier alpha value is -0.970. The molecule has 5 nitrogen and oxygen atoms in total. The van der Waals surface area contributed by atoms with Gasteiger partial charge in [0.2, 0.25) is 0 Å². The average Bonchev–Trinajstić information content (AvgIpc) is 2.84. The molecule has 2 N–H and O–H groups in total. The second-order valence-electron chi connectivity index (χ2n) is 5.77. The SMILES string of the molecule is CN=C(NCC(C)c1ccc(F)c(F)c1)NC1CCS(=O)(=O)C1.I. The van der Waals surface area contributed by atoms with Gasteiger partial charge in [0.05, 0.1) is 11.5 Å². The molecule has 0 aliphatic carbocycles. The molecule has 0 bridgehead atoms. The summed E-state index contributed by atoms with van der Waals surface area (Å²) < 4.78 is 49.1. The second-order valence-corrected chi connectivity index (χ2v) is 8.00. The van der Waals surface area contributed by atoms with Crippen LogP contribution in [-0.2, 0) is 9.84 Å². The Bertz CT molecular complexity index is 698. The van der Waals surface area contributed by atoms with E-state index in [-0.39, 0.29) is 47.4 Å². The van der Waals surface area contributed by atoms with Crippen LogP contribution >= 0.6 is 24.0 Å². The quantitative estimate of drug-likeness (QED) is 0.399. The molecule has 1 aromatic carbocycles. The standard InChI is InChI=1S/C15H21F2N3O2S.HI/c1-10(11-3-4-13(16)14(17)7-11)8-19-15(18-2)20-12-5-6-23(21,22)9-12;/h3-4,7,10,12H,5-6,8-9H2,1-2H3,(H2,18,19,20);1H. The van der Waals surface area contributed by atoms with Gasteiger partial charge < -0.3 is 10.6 Å². The monoisotopic (exact) mass is 473 g/mol. The lowest BCUT2D eigenvalue weighted by molar-refractivity contribution is 0.505. The summed E-state index contributed by atoms with van der Waals surface area (Å²) in [6, 6.07) is 3.69. The normalized spacial score (nSPS) is 21.0. The van der Waals surface area contributed by atoms with Gasteiger partial charge in [0.25, 0.3) is 0 Å². The van der Waals surface area contributed by atoms with Crippen molar-refractivity contribution in [2.45, 2.75) is 25.3 Å². The summed E-state index contributed by atoms with van der Waals surface area (Å²) in [5.74, 6) is -1.00. The van der Waals surface area contributed by atoms with Crippen molar-refractivity contribution in [3.8, 4) is 0 Å². The first-order chi connectivity index (χ1) is 10.8. The minimum Gasteiger partial charge on any atom is -0.356 e. The molecule has 1 aliphatic heterocycles. The number of hydrogen-bond acceptors (Lipinski definition) is 3. The van der Waals surface area contributed by atoms with E-state index in [9.17, 15) is 17.2 Å². The van der Waals surface area contributed by atoms with Crippen molar-refractivity contribution in [2.75, 3.05) is 25.1 Å². The van der Waals surface area contributed by atoms with Crippen molar-refractivity contribution in [1.29, 1.82) is 0 Å². The Balaban J connectivity index is 0.00000288. The second kappa shape index (κ2) is 8.93. The van der Waals surface area contributed by atoms with E-state index in [1.165, 1.54) is 6.07 Å². The van der Waals surface area contributed by atoms with Gasteiger partial charge in [-0.25, -0.2) is 17.2 Å². The molecule has 0 amide bonds. The minimum absolute atomic E-state index is 0. The fourth-order valence-electron chi connectivity index (χ4n) is 2.48. The Morgan fingerprint density at radius 3 is 2.62 bits per heavy atom. The number of hydrogen-bond donors (Lipinski definition) is 2. The molecule has 1 heterocycles. The third kappa shape index (κ3) is 5.83. The maximum absolute atomic E-state index is 13.3. The van der Waals surface area contributed by atoms with Gasteiger partial charge in [0.15, 0.2) is 27.4 Å². The fraction of sp³-hybridized carbons (Fsp3) is 0.533. The number of aliphatic imine (C=N–C) groups is 1. The molecular weight excluding hydrogens is 451 g/mol. The third-order valence-electron chi connectivity index (χ3n) is 3.89. The Labute approximate surface area is 158 Å². The predicted molar refractivity (Wildman–Crippen MR) is 102 cm³/mol. The first kappa shape index (κ1) is 21.1. The molecule has 0 spiro atoms. The van der Waals surface area contributed by atoms with Crippen LogP contribution in [-0.4, -0.2) is 45.5 Å². The summed E-state index contributed by atoms with van der Waals surface area (Å²) in [6.45, 7) is 2.34. The predicted octanol–water partition coefficient (Wildman–Crippen LogP) is 2.04. The van der Waals surface area contributed by atoms with Crippen LogP contribution in [0.1, 0.15) is 24.8 Å². The molecule has 24 heavy (non-hydrogen) atoms. The number of rotatable bonds is 4. The zero-order valence-electron chi connectivity index (χ0n) is 13.6. The highest BCUT2D eigenvalue weighted by atomic mass is 127. The van der Waals surface area contributed by atoms with Crippen LogP contribution in [0.15, 0.2) is 23.2 Å². The van der Waals surface area contributed by atoms with Crippen molar-refractivity contribution in [3.05, 3.63) is 35.4 Å². The van der Waals surface area contributed by atoms with Crippen LogP contribution in [0.4, 0.5) is 8.78 Å². The molecule has 0 radical (unpaired) electrons. The zero-order valence-corrected chi connectivity index (χ0v) is 16.7. The highest BCUT2D eigenvalue weighted by Gasteiger charge is 2.28. The summed E-state index contributed by atoms with van der Waals surface area (Å²) in [6.07, 6.45) is 0.557.